The Morgan fingerprint density at radius 2 is 2.00 bits per heavy atom. The Morgan fingerprint density at radius 1 is 1.28 bits per heavy atom. The minimum Gasteiger partial charge on any atom is -0.392 e. The zero-order chi connectivity index (χ0) is 12.5. The van der Waals surface area contributed by atoms with E-state index >= 15 is 0 Å². The summed E-state index contributed by atoms with van der Waals surface area (Å²) in [5.74, 6) is 1.86. The number of rotatable bonds is 4. The second-order valence-corrected chi connectivity index (χ2v) is 5.13. The molecule has 18 heavy (non-hydrogen) atoms. The van der Waals surface area contributed by atoms with Crippen LogP contribution in [0.3, 0.4) is 0 Å². The third-order valence-electron chi connectivity index (χ3n) is 3.62. The van der Waals surface area contributed by atoms with Crippen LogP contribution in [-0.4, -0.2) is 23.7 Å². The van der Waals surface area contributed by atoms with Crippen molar-refractivity contribution in [1.29, 1.82) is 0 Å². The van der Waals surface area contributed by atoms with Gasteiger partial charge in [0.2, 0.25) is 0 Å². The van der Waals surface area contributed by atoms with E-state index in [-0.39, 0.29) is 6.61 Å². The van der Waals surface area contributed by atoms with E-state index in [1.165, 1.54) is 12.8 Å². The van der Waals surface area contributed by atoms with Crippen LogP contribution in [0.15, 0.2) is 30.5 Å². The van der Waals surface area contributed by atoms with Gasteiger partial charge in [-0.25, -0.2) is 4.98 Å². The van der Waals surface area contributed by atoms with Crippen molar-refractivity contribution in [1.82, 2.24) is 4.98 Å². The molecule has 1 aliphatic rings. The molecule has 1 N–H and O–H groups in total. The summed E-state index contributed by atoms with van der Waals surface area (Å²) in [6, 6.07) is 8.17. The molecule has 0 unspecified atom stereocenters. The number of hydrogen-bond donors (Lipinski definition) is 1. The van der Waals surface area contributed by atoms with Gasteiger partial charge in [-0.2, -0.15) is 0 Å². The molecule has 0 spiro atoms. The normalized spacial score (nSPS) is 15.0. The number of aliphatic hydroxyl groups is 1. The number of aromatic nitrogens is 1. The topological polar surface area (TPSA) is 36.4 Å². The van der Waals surface area contributed by atoms with Crippen LogP contribution in [0.1, 0.15) is 18.4 Å². The maximum Gasteiger partial charge on any atom is 0.136 e. The summed E-state index contributed by atoms with van der Waals surface area (Å²) in [7, 11) is 2.10. The van der Waals surface area contributed by atoms with Crippen molar-refractivity contribution in [2.75, 3.05) is 18.5 Å². The fraction of sp³-hybridized carbons (Fsp3) is 0.400. The van der Waals surface area contributed by atoms with E-state index in [0.717, 1.165) is 34.6 Å². The number of benzene rings is 1. The zero-order valence-electron chi connectivity index (χ0n) is 10.6. The summed E-state index contributed by atoms with van der Waals surface area (Å²) in [6.07, 6.45) is 4.48. The van der Waals surface area contributed by atoms with E-state index in [4.69, 9.17) is 0 Å². The molecular weight excluding hydrogens is 224 g/mol. The SMILES string of the molecule is CN(CC1CC1)c1ncc(CO)c2ccccc12. The van der Waals surface area contributed by atoms with Gasteiger partial charge >= 0.3 is 0 Å². The molecule has 3 heteroatoms. The lowest BCUT2D eigenvalue weighted by Gasteiger charge is -2.20. The molecule has 1 fully saturated rings. The maximum absolute atomic E-state index is 9.37. The molecule has 1 saturated carbocycles. The standard InChI is InChI=1S/C15H18N2O/c1-17(9-11-6-7-11)15-14-5-3-2-4-13(14)12(10-18)8-16-15/h2-5,8,11,18H,6-7,9-10H2,1H3. The fourth-order valence-corrected chi connectivity index (χ4v) is 2.44. The van der Waals surface area contributed by atoms with Crippen molar-refractivity contribution in [3.63, 3.8) is 0 Å². The van der Waals surface area contributed by atoms with E-state index in [9.17, 15) is 5.11 Å². The predicted molar refractivity (Wildman–Crippen MR) is 73.7 cm³/mol. The van der Waals surface area contributed by atoms with Gasteiger partial charge in [0.25, 0.3) is 0 Å². The van der Waals surface area contributed by atoms with Crippen LogP contribution in [-0.2, 0) is 6.61 Å². The van der Waals surface area contributed by atoms with E-state index in [0.29, 0.717) is 0 Å². The number of aliphatic hydroxyl groups excluding tert-OH is 1. The first-order valence-electron chi connectivity index (χ1n) is 6.48. The van der Waals surface area contributed by atoms with Gasteiger partial charge in [0.15, 0.2) is 0 Å². The molecule has 2 aromatic rings. The Morgan fingerprint density at radius 3 is 2.67 bits per heavy atom. The van der Waals surface area contributed by atoms with E-state index in [1.807, 2.05) is 12.1 Å². The Kier molecular flexibility index (Phi) is 2.92. The summed E-state index contributed by atoms with van der Waals surface area (Å²) in [4.78, 5) is 6.76. The van der Waals surface area contributed by atoms with Gasteiger partial charge in [-0.05, 0) is 24.1 Å². The third-order valence-corrected chi connectivity index (χ3v) is 3.62. The maximum atomic E-state index is 9.37. The Bertz CT molecular complexity index is 563. The Labute approximate surface area is 107 Å². The number of nitrogens with zero attached hydrogens (tertiary/aromatic N) is 2. The fourth-order valence-electron chi connectivity index (χ4n) is 2.44. The van der Waals surface area contributed by atoms with Gasteiger partial charge in [0.1, 0.15) is 5.82 Å². The van der Waals surface area contributed by atoms with Crippen molar-refractivity contribution in [2.24, 2.45) is 5.92 Å². The average molecular weight is 242 g/mol. The summed E-state index contributed by atoms with van der Waals surface area (Å²) >= 11 is 0. The summed E-state index contributed by atoms with van der Waals surface area (Å²) in [5.41, 5.74) is 0.897. The van der Waals surface area contributed by atoms with Crippen LogP contribution in [0, 0.1) is 5.92 Å². The van der Waals surface area contributed by atoms with Gasteiger partial charge in [0.05, 0.1) is 6.61 Å². The highest BCUT2D eigenvalue weighted by Gasteiger charge is 2.24. The monoisotopic (exact) mass is 242 g/mol. The molecule has 0 aliphatic heterocycles. The van der Waals surface area contributed by atoms with Crippen molar-refractivity contribution in [3.05, 3.63) is 36.0 Å². The summed E-state index contributed by atoms with van der Waals surface area (Å²) < 4.78 is 0. The van der Waals surface area contributed by atoms with Crippen LogP contribution in [0.25, 0.3) is 10.8 Å². The minimum atomic E-state index is 0.0418. The summed E-state index contributed by atoms with van der Waals surface area (Å²) in [6.45, 7) is 1.12. The number of anilines is 1. The molecule has 0 radical (unpaired) electrons. The smallest absolute Gasteiger partial charge is 0.136 e. The van der Waals surface area contributed by atoms with Crippen molar-refractivity contribution < 1.29 is 5.11 Å². The van der Waals surface area contributed by atoms with Crippen molar-refractivity contribution >= 4 is 16.6 Å². The number of fused-ring (bicyclic) bond motifs is 1. The molecule has 0 saturated heterocycles. The zero-order valence-corrected chi connectivity index (χ0v) is 10.6. The van der Waals surface area contributed by atoms with E-state index in [1.54, 1.807) is 6.20 Å². The predicted octanol–water partition coefficient (Wildman–Crippen LogP) is 2.57. The average Bonchev–Trinajstić information content (AvgIpc) is 3.21. The second-order valence-electron chi connectivity index (χ2n) is 5.13. The second kappa shape index (κ2) is 4.58. The van der Waals surface area contributed by atoms with Gasteiger partial charge in [-0.3, -0.25) is 0 Å². The Hall–Kier alpha value is -1.61. The quantitative estimate of drug-likeness (QED) is 0.895. The molecule has 3 nitrogen and oxygen atoms in total. The molecule has 0 amide bonds. The minimum absolute atomic E-state index is 0.0418. The molecule has 0 atom stereocenters. The first-order valence-corrected chi connectivity index (χ1v) is 6.48. The van der Waals surface area contributed by atoms with Crippen LogP contribution in [0.4, 0.5) is 5.82 Å². The highest BCUT2D eigenvalue weighted by molar-refractivity contribution is 5.94. The van der Waals surface area contributed by atoms with Gasteiger partial charge in [-0.1, -0.05) is 24.3 Å². The lowest BCUT2D eigenvalue weighted by Crippen LogP contribution is -2.21. The molecule has 1 heterocycles. The lowest BCUT2D eigenvalue weighted by atomic mass is 10.1. The van der Waals surface area contributed by atoms with Crippen LogP contribution in [0.5, 0.6) is 0 Å². The number of hydrogen-bond acceptors (Lipinski definition) is 3. The number of pyridine rings is 1. The van der Waals surface area contributed by atoms with Gasteiger partial charge < -0.3 is 10.0 Å². The Balaban J connectivity index is 2.05. The molecule has 3 rings (SSSR count). The largest absolute Gasteiger partial charge is 0.392 e. The highest BCUT2D eigenvalue weighted by atomic mass is 16.3. The van der Waals surface area contributed by atoms with Crippen LogP contribution in [0.2, 0.25) is 0 Å². The molecular formula is C15H18N2O. The van der Waals surface area contributed by atoms with E-state index < -0.39 is 0 Å². The van der Waals surface area contributed by atoms with Crippen LogP contribution >= 0.6 is 0 Å². The van der Waals surface area contributed by atoms with Gasteiger partial charge in [-0.15, -0.1) is 0 Å². The third kappa shape index (κ3) is 2.06. The van der Waals surface area contributed by atoms with Crippen molar-refractivity contribution in [3.8, 4) is 0 Å². The lowest BCUT2D eigenvalue weighted by molar-refractivity contribution is 0.283. The molecule has 1 aliphatic carbocycles. The molecule has 1 aromatic heterocycles. The van der Waals surface area contributed by atoms with Crippen molar-refractivity contribution in [2.45, 2.75) is 19.4 Å². The first-order chi connectivity index (χ1) is 8.79. The first kappa shape index (κ1) is 11.5. The molecule has 0 bridgehead atoms. The molecule has 94 valence electrons. The summed E-state index contributed by atoms with van der Waals surface area (Å²) in [5, 5.41) is 11.6. The molecule has 1 aromatic carbocycles. The highest BCUT2D eigenvalue weighted by Crippen LogP contribution is 2.32. The van der Waals surface area contributed by atoms with E-state index in [2.05, 4.69) is 29.1 Å². The van der Waals surface area contributed by atoms with Crippen LogP contribution < -0.4 is 4.90 Å². The van der Waals surface area contributed by atoms with Gasteiger partial charge in [0, 0.05) is 30.7 Å².